The average molecular weight is 311 g/mol. The lowest BCUT2D eigenvalue weighted by molar-refractivity contribution is 0.0527. The van der Waals surface area contributed by atoms with Gasteiger partial charge in [-0.25, -0.2) is 4.79 Å². The summed E-state index contributed by atoms with van der Waals surface area (Å²) in [5, 5.41) is 0.523. The Kier molecular flexibility index (Phi) is 5.34. The van der Waals surface area contributed by atoms with E-state index >= 15 is 0 Å². The van der Waals surface area contributed by atoms with Crippen molar-refractivity contribution in [3.8, 4) is 0 Å². The van der Waals surface area contributed by atoms with Crippen LogP contribution in [0, 0.1) is 5.92 Å². The number of benzene rings is 1. The molecule has 0 radical (unpaired) electrons. The van der Waals surface area contributed by atoms with Gasteiger partial charge in [0.05, 0.1) is 22.9 Å². The van der Waals surface area contributed by atoms with Gasteiger partial charge in [0, 0.05) is 18.8 Å². The van der Waals surface area contributed by atoms with Gasteiger partial charge in [-0.05, 0) is 37.8 Å². The largest absolute Gasteiger partial charge is 0.462 e. The van der Waals surface area contributed by atoms with Crippen molar-refractivity contribution in [2.75, 3.05) is 30.3 Å². The van der Waals surface area contributed by atoms with Crippen molar-refractivity contribution >= 4 is 28.9 Å². The lowest BCUT2D eigenvalue weighted by atomic mass is 9.94. The van der Waals surface area contributed by atoms with Crippen molar-refractivity contribution in [1.82, 2.24) is 0 Å². The first-order chi connectivity index (χ1) is 10.1. The molecule has 5 heteroatoms. The molecule has 0 aromatic heterocycles. The highest BCUT2D eigenvalue weighted by atomic mass is 35.5. The predicted octanol–water partition coefficient (Wildman–Crippen LogP) is 3.73. The van der Waals surface area contributed by atoms with Gasteiger partial charge in [0.25, 0.3) is 0 Å². The van der Waals surface area contributed by atoms with E-state index in [2.05, 4.69) is 11.8 Å². The monoisotopic (exact) mass is 310 g/mol. The van der Waals surface area contributed by atoms with Crippen LogP contribution in [0.1, 0.15) is 43.5 Å². The fourth-order valence-corrected chi connectivity index (χ4v) is 3.25. The molecule has 2 N–H and O–H groups in total. The summed E-state index contributed by atoms with van der Waals surface area (Å²) in [6.07, 6.45) is 3.48. The summed E-state index contributed by atoms with van der Waals surface area (Å²) in [4.78, 5) is 14.4. The van der Waals surface area contributed by atoms with Crippen molar-refractivity contribution in [3.05, 3.63) is 22.7 Å². The number of nitrogens with zero attached hydrogens (tertiary/aromatic N) is 1. The highest BCUT2D eigenvalue weighted by molar-refractivity contribution is 6.34. The molecule has 116 valence electrons. The number of hydrogen-bond donors (Lipinski definition) is 1. The molecule has 2 rings (SSSR count). The Morgan fingerprint density at radius 1 is 1.48 bits per heavy atom. The van der Waals surface area contributed by atoms with E-state index in [4.69, 9.17) is 22.1 Å². The summed E-state index contributed by atoms with van der Waals surface area (Å²) < 4.78 is 5.14. The van der Waals surface area contributed by atoms with Crippen molar-refractivity contribution in [3.63, 3.8) is 0 Å². The van der Waals surface area contributed by atoms with Crippen LogP contribution in [0.3, 0.4) is 0 Å². The van der Waals surface area contributed by atoms with Crippen LogP contribution < -0.4 is 10.6 Å². The Hall–Kier alpha value is -1.42. The highest BCUT2D eigenvalue weighted by Gasteiger charge is 2.26. The van der Waals surface area contributed by atoms with E-state index in [0.717, 1.165) is 31.6 Å². The van der Waals surface area contributed by atoms with Crippen LogP contribution in [0.4, 0.5) is 11.4 Å². The summed E-state index contributed by atoms with van der Waals surface area (Å²) >= 11 is 6.37. The first kappa shape index (κ1) is 16.0. The van der Waals surface area contributed by atoms with Gasteiger partial charge in [0.1, 0.15) is 0 Å². The summed E-state index contributed by atoms with van der Waals surface area (Å²) in [6, 6.07) is 3.37. The van der Waals surface area contributed by atoms with Gasteiger partial charge in [-0.3, -0.25) is 0 Å². The number of ether oxygens (including phenoxy) is 1. The van der Waals surface area contributed by atoms with Crippen LogP contribution >= 0.6 is 11.6 Å². The second-order valence-electron chi connectivity index (χ2n) is 5.48. The molecule has 1 aromatic rings. The molecule has 1 unspecified atom stereocenters. The Labute approximate surface area is 131 Å². The normalized spacial score (nSPS) is 18.6. The minimum atomic E-state index is -0.361. The average Bonchev–Trinajstić information content (AvgIpc) is 2.46. The molecule has 0 saturated carbocycles. The number of rotatable bonds is 4. The molecule has 1 aliphatic heterocycles. The maximum atomic E-state index is 12.2. The molecule has 4 nitrogen and oxygen atoms in total. The van der Waals surface area contributed by atoms with E-state index < -0.39 is 0 Å². The molecular weight excluding hydrogens is 288 g/mol. The highest BCUT2D eigenvalue weighted by Crippen LogP contribution is 2.36. The Morgan fingerprint density at radius 2 is 2.24 bits per heavy atom. The third-order valence-electron chi connectivity index (χ3n) is 3.99. The predicted molar refractivity (Wildman–Crippen MR) is 87.0 cm³/mol. The number of hydrogen-bond acceptors (Lipinski definition) is 4. The van der Waals surface area contributed by atoms with Crippen molar-refractivity contribution in [2.45, 2.75) is 33.1 Å². The van der Waals surface area contributed by atoms with E-state index in [9.17, 15) is 4.79 Å². The Balaban J connectivity index is 2.38. The molecule has 1 atom stereocenters. The first-order valence-corrected chi connectivity index (χ1v) is 7.95. The van der Waals surface area contributed by atoms with Gasteiger partial charge >= 0.3 is 5.97 Å². The molecule has 21 heavy (non-hydrogen) atoms. The molecule has 0 aliphatic carbocycles. The van der Waals surface area contributed by atoms with Gasteiger partial charge in [0.15, 0.2) is 0 Å². The van der Waals surface area contributed by atoms with Crippen LogP contribution in [0.25, 0.3) is 0 Å². The molecular formula is C16H23ClN2O2. The number of esters is 1. The fourth-order valence-electron chi connectivity index (χ4n) is 2.91. The topological polar surface area (TPSA) is 55.6 Å². The first-order valence-electron chi connectivity index (χ1n) is 7.57. The number of piperidine rings is 1. The van der Waals surface area contributed by atoms with Gasteiger partial charge in [-0.2, -0.15) is 0 Å². The smallest absolute Gasteiger partial charge is 0.340 e. The lowest BCUT2D eigenvalue weighted by Gasteiger charge is -2.35. The Bertz CT molecular complexity index is 519. The van der Waals surface area contributed by atoms with Crippen LogP contribution in [-0.2, 0) is 4.74 Å². The van der Waals surface area contributed by atoms with Crippen molar-refractivity contribution < 1.29 is 9.53 Å². The number of carbonyl (C=O) groups excluding carboxylic acids is 1. The number of nitrogen functional groups attached to an aromatic ring is 1. The summed E-state index contributed by atoms with van der Waals surface area (Å²) in [6.45, 7) is 6.16. The number of carbonyl (C=O) groups is 1. The van der Waals surface area contributed by atoms with E-state index in [0.29, 0.717) is 28.8 Å². The van der Waals surface area contributed by atoms with Gasteiger partial charge < -0.3 is 15.4 Å². The molecule has 0 amide bonds. The van der Waals surface area contributed by atoms with E-state index in [-0.39, 0.29) is 5.97 Å². The molecule has 1 aliphatic rings. The molecule has 1 heterocycles. The number of halogens is 1. The fraction of sp³-hybridized carbons (Fsp3) is 0.562. The van der Waals surface area contributed by atoms with Crippen LogP contribution in [0.5, 0.6) is 0 Å². The summed E-state index contributed by atoms with van der Waals surface area (Å²) in [7, 11) is 0. The summed E-state index contributed by atoms with van der Waals surface area (Å²) in [5.41, 5.74) is 7.55. The van der Waals surface area contributed by atoms with Gasteiger partial charge in [-0.1, -0.05) is 24.9 Å². The number of nitrogens with two attached hydrogens (primary N) is 1. The van der Waals surface area contributed by atoms with Crippen LogP contribution in [0.2, 0.25) is 5.02 Å². The SMILES string of the molecule is CCOC(=O)c1cc(N)cc(Cl)c1N1CCCC(CC)C1. The van der Waals surface area contributed by atoms with Gasteiger partial charge in [-0.15, -0.1) is 0 Å². The van der Waals surface area contributed by atoms with Crippen LogP contribution in [0.15, 0.2) is 12.1 Å². The van der Waals surface area contributed by atoms with Crippen molar-refractivity contribution in [2.24, 2.45) is 5.92 Å². The second-order valence-corrected chi connectivity index (χ2v) is 5.89. The maximum absolute atomic E-state index is 12.2. The lowest BCUT2D eigenvalue weighted by Crippen LogP contribution is -2.36. The Morgan fingerprint density at radius 3 is 2.90 bits per heavy atom. The third kappa shape index (κ3) is 3.62. The van der Waals surface area contributed by atoms with E-state index in [1.165, 1.54) is 6.42 Å². The zero-order chi connectivity index (χ0) is 15.4. The van der Waals surface area contributed by atoms with Crippen molar-refractivity contribution in [1.29, 1.82) is 0 Å². The molecule has 1 saturated heterocycles. The number of anilines is 2. The summed E-state index contributed by atoms with van der Waals surface area (Å²) in [5.74, 6) is 0.280. The molecule has 1 fully saturated rings. The molecule has 1 aromatic carbocycles. The molecule has 0 spiro atoms. The third-order valence-corrected chi connectivity index (χ3v) is 4.28. The minimum absolute atomic E-state index is 0.336. The maximum Gasteiger partial charge on any atom is 0.340 e. The standard InChI is InChI=1S/C16H23ClN2O2/c1-3-11-6-5-7-19(10-11)15-13(16(20)21-4-2)8-12(18)9-14(15)17/h8-9,11H,3-7,10,18H2,1-2H3. The quantitative estimate of drug-likeness (QED) is 0.680. The van der Waals surface area contributed by atoms with E-state index in [1.807, 2.05) is 0 Å². The van der Waals surface area contributed by atoms with Gasteiger partial charge in [0.2, 0.25) is 0 Å². The minimum Gasteiger partial charge on any atom is -0.462 e. The molecule has 0 bridgehead atoms. The zero-order valence-electron chi connectivity index (χ0n) is 12.7. The zero-order valence-corrected chi connectivity index (χ0v) is 13.4. The van der Waals surface area contributed by atoms with Crippen LogP contribution in [-0.4, -0.2) is 25.7 Å². The van der Waals surface area contributed by atoms with E-state index in [1.54, 1.807) is 19.1 Å². The second kappa shape index (κ2) is 7.03.